The molecular formula is C16H22N2O2. The fourth-order valence-corrected chi connectivity index (χ4v) is 2.71. The molecule has 1 heterocycles. The molecule has 4 nitrogen and oxygen atoms in total. The number of para-hydroxylation sites is 1. The zero-order chi connectivity index (χ0) is 14.7. The Morgan fingerprint density at radius 3 is 2.80 bits per heavy atom. The fourth-order valence-electron chi connectivity index (χ4n) is 2.71. The molecule has 0 amide bonds. The molecule has 0 unspecified atom stereocenters. The smallest absolute Gasteiger partial charge is 0.308 e. The Morgan fingerprint density at radius 2 is 2.10 bits per heavy atom. The number of carbonyl (C=O) groups excluding carboxylic acids is 1. The lowest BCUT2D eigenvalue weighted by Crippen LogP contribution is -2.28. The summed E-state index contributed by atoms with van der Waals surface area (Å²) in [5.41, 5.74) is 8.62. The average Bonchev–Trinajstić information content (AvgIpc) is 2.75. The molecule has 1 aromatic heterocycles. The van der Waals surface area contributed by atoms with E-state index < -0.39 is 0 Å². The predicted octanol–water partition coefficient (Wildman–Crippen LogP) is 2.25. The maximum Gasteiger partial charge on any atom is 0.308 e. The molecule has 20 heavy (non-hydrogen) atoms. The van der Waals surface area contributed by atoms with Crippen LogP contribution in [-0.4, -0.2) is 23.7 Å². The van der Waals surface area contributed by atoms with Crippen molar-refractivity contribution in [3.05, 3.63) is 36.0 Å². The number of aromatic nitrogens is 1. The van der Waals surface area contributed by atoms with E-state index in [0.717, 1.165) is 6.42 Å². The highest BCUT2D eigenvalue weighted by molar-refractivity contribution is 5.83. The number of methoxy groups -OCH3 is 1. The average molecular weight is 274 g/mol. The molecule has 2 rings (SSSR count). The Balaban J connectivity index is 2.10. The monoisotopic (exact) mass is 274 g/mol. The number of ether oxygens (including phenoxy) is 1. The van der Waals surface area contributed by atoms with Gasteiger partial charge in [-0.05, 0) is 24.5 Å². The number of carbonyl (C=O) groups is 1. The second-order valence-corrected chi connectivity index (χ2v) is 5.41. The minimum atomic E-state index is -0.196. The van der Waals surface area contributed by atoms with Gasteiger partial charge in [-0.3, -0.25) is 4.79 Å². The molecule has 1 aromatic carbocycles. The van der Waals surface area contributed by atoms with E-state index in [4.69, 9.17) is 10.5 Å². The van der Waals surface area contributed by atoms with Gasteiger partial charge in [-0.1, -0.05) is 25.1 Å². The molecule has 0 fully saturated rings. The van der Waals surface area contributed by atoms with E-state index in [2.05, 4.69) is 22.9 Å². The number of esters is 1. The quantitative estimate of drug-likeness (QED) is 0.851. The number of rotatable bonds is 5. The SMILES string of the molecule is COC(=O)[C@@H](C)C[C@@H](N)Cc1cn(C)c2ccccc12. The molecule has 0 aliphatic heterocycles. The molecule has 2 aromatic rings. The Hall–Kier alpha value is -1.81. The molecule has 0 aliphatic rings. The van der Waals surface area contributed by atoms with Crippen LogP contribution in [0.3, 0.4) is 0 Å². The van der Waals surface area contributed by atoms with Crippen molar-refractivity contribution < 1.29 is 9.53 Å². The van der Waals surface area contributed by atoms with Gasteiger partial charge in [-0.2, -0.15) is 0 Å². The van der Waals surface area contributed by atoms with Gasteiger partial charge < -0.3 is 15.0 Å². The summed E-state index contributed by atoms with van der Waals surface area (Å²) in [7, 11) is 3.45. The van der Waals surface area contributed by atoms with E-state index in [1.165, 1.54) is 23.6 Å². The van der Waals surface area contributed by atoms with Crippen LogP contribution in [0, 0.1) is 5.92 Å². The van der Waals surface area contributed by atoms with Crippen molar-refractivity contribution in [1.82, 2.24) is 4.57 Å². The van der Waals surface area contributed by atoms with Crippen LogP contribution in [0.4, 0.5) is 0 Å². The summed E-state index contributed by atoms with van der Waals surface area (Å²) in [5.74, 6) is -0.358. The van der Waals surface area contributed by atoms with E-state index in [9.17, 15) is 4.79 Å². The first-order chi connectivity index (χ1) is 9.52. The number of nitrogens with zero attached hydrogens (tertiary/aromatic N) is 1. The summed E-state index contributed by atoms with van der Waals surface area (Å²) in [5, 5.41) is 1.23. The van der Waals surface area contributed by atoms with Crippen LogP contribution in [0.5, 0.6) is 0 Å². The third kappa shape index (κ3) is 3.02. The van der Waals surface area contributed by atoms with E-state index in [-0.39, 0.29) is 17.9 Å². The van der Waals surface area contributed by atoms with Crippen LogP contribution < -0.4 is 5.73 Å². The first kappa shape index (κ1) is 14.6. The molecule has 108 valence electrons. The topological polar surface area (TPSA) is 57.2 Å². The third-order valence-corrected chi connectivity index (χ3v) is 3.72. The van der Waals surface area contributed by atoms with Gasteiger partial charge in [0.05, 0.1) is 13.0 Å². The van der Waals surface area contributed by atoms with Gasteiger partial charge in [0.15, 0.2) is 0 Å². The maximum atomic E-state index is 11.4. The summed E-state index contributed by atoms with van der Waals surface area (Å²) in [4.78, 5) is 11.4. The Bertz CT molecular complexity index is 604. The first-order valence-corrected chi connectivity index (χ1v) is 6.89. The molecule has 0 saturated heterocycles. The summed E-state index contributed by atoms with van der Waals surface area (Å²) >= 11 is 0. The van der Waals surface area contributed by atoms with Gasteiger partial charge in [-0.15, -0.1) is 0 Å². The molecule has 0 radical (unpaired) electrons. The number of fused-ring (bicyclic) bond motifs is 1. The number of hydrogen-bond donors (Lipinski definition) is 1. The highest BCUT2D eigenvalue weighted by Gasteiger charge is 2.18. The number of hydrogen-bond acceptors (Lipinski definition) is 3. The summed E-state index contributed by atoms with van der Waals surface area (Å²) < 4.78 is 6.85. The second kappa shape index (κ2) is 6.09. The number of benzene rings is 1. The molecule has 0 bridgehead atoms. The predicted molar refractivity (Wildman–Crippen MR) is 80.4 cm³/mol. The van der Waals surface area contributed by atoms with E-state index in [0.29, 0.717) is 6.42 Å². The molecule has 2 atom stereocenters. The highest BCUT2D eigenvalue weighted by Crippen LogP contribution is 2.22. The molecule has 0 spiro atoms. The van der Waals surface area contributed by atoms with E-state index in [1.807, 2.05) is 26.1 Å². The molecule has 0 saturated carbocycles. The van der Waals surface area contributed by atoms with Crippen LogP contribution >= 0.6 is 0 Å². The summed E-state index contributed by atoms with van der Waals surface area (Å²) in [6, 6.07) is 8.23. The van der Waals surface area contributed by atoms with Crippen molar-refractivity contribution in [1.29, 1.82) is 0 Å². The van der Waals surface area contributed by atoms with E-state index >= 15 is 0 Å². The minimum absolute atomic E-state index is 0.0464. The zero-order valence-corrected chi connectivity index (χ0v) is 12.3. The lowest BCUT2D eigenvalue weighted by molar-refractivity contribution is -0.145. The highest BCUT2D eigenvalue weighted by atomic mass is 16.5. The molecule has 4 heteroatoms. The summed E-state index contributed by atoms with van der Waals surface area (Å²) in [6.07, 6.45) is 3.52. The van der Waals surface area contributed by atoms with Crippen molar-refractivity contribution in [2.24, 2.45) is 18.7 Å². The molecular weight excluding hydrogens is 252 g/mol. The first-order valence-electron chi connectivity index (χ1n) is 6.89. The van der Waals surface area contributed by atoms with Gasteiger partial charge >= 0.3 is 5.97 Å². The van der Waals surface area contributed by atoms with Gasteiger partial charge in [-0.25, -0.2) is 0 Å². The van der Waals surface area contributed by atoms with Crippen molar-refractivity contribution >= 4 is 16.9 Å². The molecule has 0 aliphatic carbocycles. The van der Waals surface area contributed by atoms with Gasteiger partial charge in [0.1, 0.15) is 0 Å². The zero-order valence-electron chi connectivity index (χ0n) is 12.3. The molecule has 2 N–H and O–H groups in total. The third-order valence-electron chi connectivity index (χ3n) is 3.72. The number of aryl methyl sites for hydroxylation is 1. The van der Waals surface area contributed by atoms with Crippen molar-refractivity contribution in [2.75, 3.05) is 7.11 Å². The van der Waals surface area contributed by atoms with Crippen LogP contribution in [-0.2, 0) is 23.0 Å². The summed E-state index contributed by atoms with van der Waals surface area (Å²) in [6.45, 7) is 1.86. The fraction of sp³-hybridized carbons (Fsp3) is 0.438. The van der Waals surface area contributed by atoms with Crippen LogP contribution in [0.25, 0.3) is 10.9 Å². The van der Waals surface area contributed by atoms with Gasteiger partial charge in [0, 0.05) is 30.2 Å². The van der Waals surface area contributed by atoms with Crippen molar-refractivity contribution in [3.63, 3.8) is 0 Å². The van der Waals surface area contributed by atoms with E-state index in [1.54, 1.807) is 0 Å². The Morgan fingerprint density at radius 1 is 1.40 bits per heavy atom. The van der Waals surface area contributed by atoms with Crippen molar-refractivity contribution in [3.8, 4) is 0 Å². The van der Waals surface area contributed by atoms with Crippen LogP contribution in [0.2, 0.25) is 0 Å². The second-order valence-electron chi connectivity index (χ2n) is 5.41. The standard InChI is InChI=1S/C16H22N2O2/c1-11(16(19)20-3)8-13(17)9-12-10-18(2)15-7-5-4-6-14(12)15/h4-7,10-11,13H,8-9,17H2,1-3H3/t11-,13+/m0/s1. The van der Waals surface area contributed by atoms with Crippen molar-refractivity contribution in [2.45, 2.75) is 25.8 Å². The van der Waals surface area contributed by atoms with Gasteiger partial charge in [0.2, 0.25) is 0 Å². The Labute approximate surface area is 119 Å². The lowest BCUT2D eigenvalue weighted by Gasteiger charge is -2.15. The van der Waals surface area contributed by atoms with Crippen LogP contribution in [0.15, 0.2) is 30.5 Å². The normalized spacial score (nSPS) is 14.2. The Kier molecular flexibility index (Phi) is 4.45. The largest absolute Gasteiger partial charge is 0.469 e. The van der Waals surface area contributed by atoms with Gasteiger partial charge in [0.25, 0.3) is 0 Å². The minimum Gasteiger partial charge on any atom is -0.469 e. The number of nitrogens with two attached hydrogens (primary N) is 1. The van der Waals surface area contributed by atoms with Crippen LogP contribution in [0.1, 0.15) is 18.9 Å². The maximum absolute atomic E-state index is 11.4. The lowest BCUT2D eigenvalue weighted by atomic mass is 9.97.